The predicted molar refractivity (Wildman–Crippen MR) is 185 cm³/mol. The molecule has 0 saturated heterocycles. The number of halogens is 2. The number of hydrogen-bond donors (Lipinski definition) is 3. The minimum atomic E-state index is -1.02. The van der Waals surface area contributed by atoms with E-state index in [1.807, 2.05) is 19.9 Å². The third-order valence-electron chi connectivity index (χ3n) is 8.96. The predicted octanol–water partition coefficient (Wildman–Crippen LogP) is 6.81. The Labute approximate surface area is 291 Å². The van der Waals surface area contributed by atoms with E-state index in [2.05, 4.69) is 20.6 Å². The zero-order chi connectivity index (χ0) is 35.8. The van der Waals surface area contributed by atoms with E-state index in [4.69, 9.17) is 9.47 Å². The first-order valence-corrected chi connectivity index (χ1v) is 16.9. The molecular formula is C39H44F2N4O5. The molecule has 9 nitrogen and oxygen atoms in total. The van der Waals surface area contributed by atoms with E-state index in [1.165, 1.54) is 30.6 Å². The van der Waals surface area contributed by atoms with Crippen LogP contribution in [-0.4, -0.2) is 45.1 Å². The molecule has 264 valence electrons. The molecule has 1 aliphatic rings. The largest absolute Gasteiger partial charge is 0.473 e. The Balaban J connectivity index is 1.09. The van der Waals surface area contributed by atoms with Gasteiger partial charge in [0, 0.05) is 37.1 Å². The van der Waals surface area contributed by atoms with Crippen LogP contribution in [0.15, 0.2) is 73.1 Å². The molecule has 0 aliphatic heterocycles. The summed E-state index contributed by atoms with van der Waals surface area (Å²) in [6.07, 6.45) is 6.41. The molecule has 3 N–H and O–H groups in total. The molecule has 2 aromatic carbocycles. The average molecular weight is 687 g/mol. The van der Waals surface area contributed by atoms with Crippen LogP contribution in [0.25, 0.3) is 0 Å². The lowest BCUT2D eigenvalue weighted by Crippen LogP contribution is -2.39. The number of aromatic nitrogens is 2. The van der Waals surface area contributed by atoms with Crippen LogP contribution in [0.4, 0.5) is 8.78 Å². The van der Waals surface area contributed by atoms with Gasteiger partial charge in [-0.25, -0.2) is 18.7 Å². The summed E-state index contributed by atoms with van der Waals surface area (Å²) >= 11 is 0. The quantitative estimate of drug-likeness (QED) is 0.141. The lowest BCUT2D eigenvalue weighted by molar-refractivity contribution is 0.0694. The Morgan fingerprint density at radius 2 is 1.58 bits per heavy atom. The van der Waals surface area contributed by atoms with Crippen molar-refractivity contribution in [2.24, 2.45) is 5.92 Å². The second-order valence-electron chi connectivity index (χ2n) is 13.7. The van der Waals surface area contributed by atoms with E-state index < -0.39 is 5.60 Å². The van der Waals surface area contributed by atoms with Gasteiger partial charge in [0.25, 0.3) is 11.8 Å². The fourth-order valence-corrected chi connectivity index (χ4v) is 6.14. The number of carbonyl (C=O) groups is 2. The highest BCUT2D eigenvalue weighted by atomic mass is 19.1. The summed E-state index contributed by atoms with van der Waals surface area (Å²) in [6, 6.07) is 16.0. The van der Waals surface area contributed by atoms with E-state index >= 15 is 0 Å². The molecule has 1 saturated carbocycles. The van der Waals surface area contributed by atoms with Gasteiger partial charge in [-0.1, -0.05) is 18.2 Å². The van der Waals surface area contributed by atoms with Crippen molar-refractivity contribution in [1.82, 2.24) is 20.6 Å². The lowest BCUT2D eigenvalue weighted by atomic mass is 9.76. The first kappa shape index (κ1) is 36.4. The first-order valence-electron chi connectivity index (χ1n) is 16.9. The Kier molecular flexibility index (Phi) is 11.8. The number of aryl methyl sites for hydroxylation is 1. The van der Waals surface area contributed by atoms with E-state index in [9.17, 15) is 23.5 Å². The van der Waals surface area contributed by atoms with Crippen molar-refractivity contribution < 1.29 is 33.0 Å². The Morgan fingerprint density at radius 3 is 2.26 bits per heavy atom. The van der Waals surface area contributed by atoms with Gasteiger partial charge in [-0.15, -0.1) is 0 Å². The molecule has 2 amide bonds. The van der Waals surface area contributed by atoms with Gasteiger partial charge in [0.05, 0.1) is 16.7 Å². The molecule has 50 heavy (non-hydrogen) atoms. The molecule has 4 aromatic rings. The maximum Gasteiger partial charge on any atom is 0.253 e. The van der Waals surface area contributed by atoms with Gasteiger partial charge >= 0.3 is 0 Å². The van der Waals surface area contributed by atoms with Crippen LogP contribution in [-0.2, 0) is 13.2 Å². The number of nitrogens with zero attached hydrogens (tertiary/aromatic N) is 2. The van der Waals surface area contributed by atoms with Crippen LogP contribution in [0.2, 0.25) is 0 Å². The van der Waals surface area contributed by atoms with Gasteiger partial charge in [0.2, 0.25) is 11.8 Å². The lowest BCUT2D eigenvalue weighted by Gasteiger charge is -2.33. The van der Waals surface area contributed by atoms with E-state index in [0.29, 0.717) is 34.0 Å². The van der Waals surface area contributed by atoms with Gasteiger partial charge < -0.3 is 25.2 Å². The van der Waals surface area contributed by atoms with Gasteiger partial charge in [-0.05, 0) is 118 Å². The van der Waals surface area contributed by atoms with Crippen molar-refractivity contribution in [3.8, 4) is 11.8 Å². The Morgan fingerprint density at radius 1 is 0.880 bits per heavy atom. The minimum Gasteiger partial charge on any atom is -0.473 e. The number of aliphatic hydroxyl groups is 1. The maximum atomic E-state index is 14.7. The SMILES string of the molecule is Cc1cc(OCc2cccc(F)c2)ncc1C(=O)N[C@H](C)C1CCC(c2cc(F)cc(COc3ccc(C(=O)NCC(C)(C)O)cn3)c2)CC1. The van der Waals surface area contributed by atoms with Crippen LogP contribution in [0.5, 0.6) is 11.8 Å². The molecule has 1 aliphatic carbocycles. The number of ether oxygens (including phenoxy) is 2. The molecule has 11 heteroatoms. The molecule has 2 heterocycles. The summed E-state index contributed by atoms with van der Waals surface area (Å²) in [7, 11) is 0. The zero-order valence-corrected chi connectivity index (χ0v) is 28.8. The number of carbonyl (C=O) groups excluding carboxylic acids is 2. The number of amides is 2. The van der Waals surface area contributed by atoms with Gasteiger partial charge in [0.1, 0.15) is 24.8 Å². The molecule has 1 atom stereocenters. The molecule has 5 rings (SSSR count). The molecule has 0 radical (unpaired) electrons. The molecular weight excluding hydrogens is 642 g/mol. The number of benzene rings is 2. The standard InChI is InChI=1S/C39H44F2N4O5/c1-24-14-36(50-21-26-6-5-7-32(40)16-26)43-20-34(24)38(47)45-25(2)28-8-10-29(11-9-28)31-15-27(17-33(41)18-31)22-49-35-13-12-30(19-42-35)37(46)44-23-39(3,4)48/h5-7,12-20,25,28-29,48H,8-11,21-23H2,1-4H3,(H,44,46)(H,45,47)/t25-,28?,29?/m1/s1. The third kappa shape index (κ3) is 10.3. The minimum absolute atomic E-state index is 0.0605. The third-order valence-corrected chi connectivity index (χ3v) is 8.96. The highest BCUT2D eigenvalue weighted by molar-refractivity contribution is 5.95. The molecule has 0 unspecified atom stereocenters. The van der Waals surface area contributed by atoms with Crippen LogP contribution >= 0.6 is 0 Å². The summed E-state index contributed by atoms with van der Waals surface area (Å²) in [4.78, 5) is 33.9. The summed E-state index contributed by atoms with van der Waals surface area (Å²) in [5.74, 6) is -0.0760. The molecule has 0 spiro atoms. The van der Waals surface area contributed by atoms with Crippen molar-refractivity contribution in [3.05, 3.63) is 118 Å². The zero-order valence-electron chi connectivity index (χ0n) is 28.8. The summed E-state index contributed by atoms with van der Waals surface area (Å²) in [5, 5.41) is 15.6. The van der Waals surface area contributed by atoms with Gasteiger partial charge in [-0.3, -0.25) is 9.59 Å². The van der Waals surface area contributed by atoms with Crippen LogP contribution in [0, 0.1) is 24.5 Å². The highest BCUT2D eigenvalue weighted by Gasteiger charge is 2.28. The highest BCUT2D eigenvalue weighted by Crippen LogP contribution is 2.38. The fraction of sp³-hybridized carbons (Fsp3) is 0.385. The maximum absolute atomic E-state index is 14.7. The molecule has 0 bridgehead atoms. The summed E-state index contributed by atoms with van der Waals surface area (Å²) in [6.45, 7) is 7.45. The summed E-state index contributed by atoms with van der Waals surface area (Å²) < 4.78 is 39.6. The Bertz CT molecular complexity index is 1790. The van der Waals surface area contributed by atoms with Crippen molar-refractivity contribution in [3.63, 3.8) is 0 Å². The topological polar surface area (TPSA) is 123 Å². The average Bonchev–Trinajstić information content (AvgIpc) is 3.08. The van der Waals surface area contributed by atoms with Crippen LogP contribution in [0.1, 0.15) is 95.3 Å². The molecule has 1 fully saturated rings. The smallest absolute Gasteiger partial charge is 0.253 e. The number of nitrogens with one attached hydrogen (secondary N) is 2. The van der Waals surface area contributed by atoms with Gasteiger partial charge in [-0.2, -0.15) is 0 Å². The second-order valence-corrected chi connectivity index (χ2v) is 13.7. The van der Waals surface area contributed by atoms with Gasteiger partial charge in [0.15, 0.2) is 0 Å². The number of rotatable bonds is 13. The second kappa shape index (κ2) is 16.2. The van der Waals surface area contributed by atoms with E-state index in [-0.39, 0.29) is 61.1 Å². The van der Waals surface area contributed by atoms with Crippen molar-refractivity contribution in [2.45, 2.75) is 84.2 Å². The van der Waals surface area contributed by atoms with Crippen molar-refractivity contribution in [1.29, 1.82) is 0 Å². The van der Waals surface area contributed by atoms with E-state index in [1.54, 1.807) is 50.2 Å². The van der Waals surface area contributed by atoms with Crippen LogP contribution in [0.3, 0.4) is 0 Å². The normalized spacial score (nSPS) is 16.7. The van der Waals surface area contributed by atoms with Crippen molar-refractivity contribution >= 4 is 11.8 Å². The number of hydrogen-bond acceptors (Lipinski definition) is 7. The van der Waals surface area contributed by atoms with Crippen molar-refractivity contribution in [2.75, 3.05) is 6.54 Å². The van der Waals surface area contributed by atoms with E-state index in [0.717, 1.165) is 36.8 Å². The Hall–Kier alpha value is -4.90. The monoisotopic (exact) mass is 686 g/mol. The summed E-state index contributed by atoms with van der Waals surface area (Å²) in [5.41, 5.74) is 2.81. The number of pyridine rings is 2. The fourth-order valence-electron chi connectivity index (χ4n) is 6.14. The first-order chi connectivity index (χ1) is 23.8. The molecule has 2 aromatic heterocycles. The van der Waals surface area contributed by atoms with Crippen LogP contribution < -0.4 is 20.1 Å².